The molecule has 1 saturated carbocycles. The first kappa shape index (κ1) is 29.4. The number of hydrogen-bond acceptors (Lipinski definition) is 3. The molecule has 218 valence electrons. The van der Waals surface area contributed by atoms with Gasteiger partial charge in [0, 0.05) is 22.5 Å². The summed E-state index contributed by atoms with van der Waals surface area (Å²) in [6.07, 6.45) is 8.98. The lowest BCUT2D eigenvalue weighted by molar-refractivity contribution is 0.102. The topological polar surface area (TPSA) is 71.2 Å². The average Bonchev–Trinajstić information content (AvgIpc) is 3.54. The monoisotopic (exact) mass is 562 g/mol. The van der Waals surface area contributed by atoms with Crippen LogP contribution < -0.4 is 15.6 Å². The van der Waals surface area contributed by atoms with Crippen molar-refractivity contribution in [1.82, 2.24) is 4.98 Å². The molecule has 42 heavy (non-hydrogen) atoms. The summed E-state index contributed by atoms with van der Waals surface area (Å²) in [6, 6.07) is 24.1. The number of benzene rings is 3. The van der Waals surface area contributed by atoms with Crippen LogP contribution in [0, 0.1) is 6.92 Å². The van der Waals surface area contributed by atoms with Crippen LogP contribution in [-0.4, -0.2) is 17.5 Å². The zero-order valence-electron chi connectivity index (χ0n) is 25.1. The number of rotatable bonds is 11. The van der Waals surface area contributed by atoms with Gasteiger partial charge in [0.2, 0.25) is 0 Å². The Labute approximate surface area is 249 Å². The van der Waals surface area contributed by atoms with Crippen molar-refractivity contribution < 1.29 is 9.53 Å². The van der Waals surface area contributed by atoms with E-state index in [1.807, 2.05) is 50.2 Å². The molecule has 0 spiro atoms. The average molecular weight is 563 g/mol. The van der Waals surface area contributed by atoms with Crippen molar-refractivity contribution in [3.8, 4) is 28.0 Å². The number of H-pyrrole nitrogens is 1. The van der Waals surface area contributed by atoms with Crippen LogP contribution in [0.5, 0.6) is 5.75 Å². The van der Waals surface area contributed by atoms with Crippen LogP contribution in [0.1, 0.15) is 91.9 Å². The van der Waals surface area contributed by atoms with Crippen LogP contribution in [0.3, 0.4) is 0 Å². The fraction of sp³-hybridized carbons (Fsp3) is 0.351. The Kier molecular flexibility index (Phi) is 9.58. The minimum Gasteiger partial charge on any atom is -0.494 e. The number of aromatic nitrogens is 1. The van der Waals surface area contributed by atoms with Crippen LogP contribution in [0.25, 0.3) is 22.3 Å². The molecule has 1 aliphatic rings. The van der Waals surface area contributed by atoms with E-state index in [2.05, 4.69) is 41.5 Å². The molecule has 0 atom stereocenters. The maximum Gasteiger partial charge on any atom is 0.261 e. The van der Waals surface area contributed by atoms with Crippen molar-refractivity contribution in [2.75, 3.05) is 11.9 Å². The first-order chi connectivity index (χ1) is 20.5. The van der Waals surface area contributed by atoms with Gasteiger partial charge < -0.3 is 15.0 Å². The van der Waals surface area contributed by atoms with E-state index in [0.717, 1.165) is 65.8 Å². The Bertz CT molecular complexity index is 1550. The number of amides is 1. The second-order valence-electron chi connectivity index (χ2n) is 11.4. The zero-order valence-corrected chi connectivity index (χ0v) is 25.1. The molecule has 5 heteroatoms. The van der Waals surface area contributed by atoms with E-state index in [4.69, 9.17) is 4.74 Å². The van der Waals surface area contributed by atoms with E-state index in [1.54, 1.807) is 12.1 Å². The molecule has 0 aliphatic heterocycles. The van der Waals surface area contributed by atoms with Gasteiger partial charge in [-0.1, -0.05) is 86.7 Å². The molecule has 1 aromatic heterocycles. The quantitative estimate of drug-likeness (QED) is 0.179. The highest BCUT2D eigenvalue weighted by molar-refractivity contribution is 6.11. The molecule has 5 nitrogen and oxygen atoms in total. The molecule has 0 radical (unpaired) electrons. The van der Waals surface area contributed by atoms with Crippen molar-refractivity contribution in [3.63, 3.8) is 0 Å². The number of aromatic amines is 1. The first-order valence-electron chi connectivity index (χ1n) is 15.5. The van der Waals surface area contributed by atoms with Gasteiger partial charge in [0.05, 0.1) is 6.61 Å². The summed E-state index contributed by atoms with van der Waals surface area (Å²) in [5.41, 5.74) is 7.32. The highest BCUT2D eigenvalue weighted by Crippen LogP contribution is 2.43. The van der Waals surface area contributed by atoms with Crippen LogP contribution >= 0.6 is 0 Å². The number of carbonyl (C=O) groups excluding carboxylic acids is 1. The fourth-order valence-electron chi connectivity index (χ4n) is 6.08. The smallest absolute Gasteiger partial charge is 0.261 e. The minimum atomic E-state index is -0.425. The maximum atomic E-state index is 14.0. The van der Waals surface area contributed by atoms with Crippen molar-refractivity contribution in [1.29, 1.82) is 0 Å². The van der Waals surface area contributed by atoms with Crippen LogP contribution in [-0.2, 0) is 6.42 Å². The molecule has 1 amide bonds. The van der Waals surface area contributed by atoms with Gasteiger partial charge in [-0.3, -0.25) is 9.59 Å². The molecule has 0 unspecified atom stereocenters. The van der Waals surface area contributed by atoms with Crippen molar-refractivity contribution in [3.05, 3.63) is 106 Å². The minimum absolute atomic E-state index is 0.136. The predicted molar refractivity (Wildman–Crippen MR) is 173 cm³/mol. The Morgan fingerprint density at radius 3 is 2.14 bits per heavy atom. The largest absolute Gasteiger partial charge is 0.494 e. The Morgan fingerprint density at radius 2 is 1.50 bits per heavy atom. The van der Waals surface area contributed by atoms with Crippen LogP contribution in [0.15, 0.2) is 77.6 Å². The van der Waals surface area contributed by atoms with E-state index in [0.29, 0.717) is 17.9 Å². The third kappa shape index (κ3) is 6.67. The lowest BCUT2D eigenvalue weighted by Crippen LogP contribution is -2.27. The second kappa shape index (κ2) is 13.7. The van der Waals surface area contributed by atoms with Crippen LogP contribution in [0.4, 0.5) is 5.69 Å². The number of unbranched alkanes of at least 4 members (excludes halogenated alkanes) is 2. The SMILES string of the molecule is CCCCCc1ccc(-c2c(C3CCCC3)[nH]c(=O)c(C(=O)Nc3ccc(OCC)cc3)c2-c2ccc(C)cc2)cc1. The number of ether oxygens (including phenoxy) is 1. The lowest BCUT2D eigenvalue weighted by Gasteiger charge is -2.22. The Morgan fingerprint density at radius 1 is 0.857 bits per heavy atom. The highest BCUT2D eigenvalue weighted by atomic mass is 16.5. The van der Waals surface area contributed by atoms with Gasteiger partial charge in [-0.2, -0.15) is 0 Å². The molecular weight excluding hydrogens is 520 g/mol. The maximum absolute atomic E-state index is 14.0. The van der Waals surface area contributed by atoms with Crippen molar-refractivity contribution in [2.24, 2.45) is 0 Å². The van der Waals surface area contributed by atoms with Gasteiger partial charge in [-0.05, 0) is 86.4 Å². The summed E-state index contributed by atoms with van der Waals surface area (Å²) in [7, 11) is 0. The second-order valence-corrected chi connectivity index (χ2v) is 11.4. The van der Waals surface area contributed by atoms with Crippen molar-refractivity contribution in [2.45, 2.75) is 78.1 Å². The zero-order chi connectivity index (χ0) is 29.5. The summed E-state index contributed by atoms with van der Waals surface area (Å²) >= 11 is 0. The molecule has 0 bridgehead atoms. The first-order valence-corrected chi connectivity index (χ1v) is 15.5. The summed E-state index contributed by atoms with van der Waals surface area (Å²) in [5, 5.41) is 2.98. The van der Waals surface area contributed by atoms with Gasteiger partial charge in [-0.25, -0.2) is 0 Å². The van der Waals surface area contributed by atoms with E-state index in [9.17, 15) is 9.59 Å². The molecule has 4 aromatic rings. The molecule has 5 rings (SSSR count). The Hall–Kier alpha value is -4.12. The molecule has 3 aromatic carbocycles. The van der Waals surface area contributed by atoms with E-state index < -0.39 is 5.91 Å². The predicted octanol–water partition coefficient (Wildman–Crippen LogP) is 9.06. The lowest BCUT2D eigenvalue weighted by atomic mass is 9.85. The molecule has 1 aliphatic carbocycles. The fourth-order valence-corrected chi connectivity index (χ4v) is 6.08. The van der Waals surface area contributed by atoms with Gasteiger partial charge in [-0.15, -0.1) is 0 Å². The third-order valence-electron chi connectivity index (χ3n) is 8.31. The van der Waals surface area contributed by atoms with Gasteiger partial charge in [0.15, 0.2) is 0 Å². The number of nitrogens with one attached hydrogen (secondary N) is 2. The summed E-state index contributed by atoms with van der Waals surface area (Å²) < 4.78 is 5.55. The molecule has 1 heterocycles. The van der Waals surface area contributed by atoms with Crippen molar-refractivity contribution >= 4 is 11.6 Å². The van der Waals surface area contributed by atoms with Gasteiger partial charge in [0.25, 0.3) is 11.5 Å². The van der Waals surface area contributed by atoms with Gasteiger partial charge >= 0.3 is 0 Å². The molecular formula is C37H42N2O3. The molecule has 2 N–H and O–H groups in total. The third-order valence-corrected chi connectivity index (χ3v) is 8.31. The van der Waals surface area contributed by atoms with E-state index >= 15 is 0 Å². The number of anilines is 1. The summed E-state index contributed by atoms with van der Waals surface area (Å²) in [6.45, 7) is 6.77. The standard InChI is InChI=1S/C37H42N2O3/c1-4-6-7-10-26-15-19-28(20-16-26)33-32(27-17-13-25(3)14-18-27)34(37(41)39-35(33)29-11-8-9-12-29)36(40)38-30-21-23-31(24-22-30)42-5-2/h13-24,29H,4-12H2,1-3H3,(H,38,40)(H,39,41). The normalized spacial score (nSPS) is 13.3. The number of pyridine rings is 1. The molecule has 1 fully saturated rings. The van der Waals surface area contributed by atoms with Crippen LogP contribution in [0.2, 0.25) is 0 Å². The van der Waals surface area contributed by atoms with E-state index in [-0.39, 0.29) is 17.0 Å². The van der Waals surface area contributed by atoms with E-state index in [1.165, 1.54) is 24.8 Å². The number of carbonyl (C=O) groups is 1. The molecule has 0 saturated heterocycles. The summed E-state index contributed by atoms with van der Waals surface area (Å²) in [5.74, 6) is 0.561. The van der Waals surface area contributed by atoms with Gasteiger partial charge in [0.1, 0.15) is 11.3 Å². The highest BCUT2D eigenvalue weighted by Gasteiger charge is 2.29. The summed E-state index contributed by atoms with van der Waals surface area (Å²) in [4.78, 5) is 31.1. The number of aryl methyl sites for hydroxylation is 2. The Balaban J connectivity index is 1.66. The number of hydrogen-bond donors (Lipinski definition) is 2.